The van der Waals surface area contributed by atoms with Gasteiger partial charge < -0.3 is 14.9 Å². The molecule has 170 valence electrons. The zero-order valence-electron chi connectivity index (χ0n) is 19.8. The van der Waals surface area contributed by atoms with Gasteiger partial charge in [0, 0.05) is 5.57 Å². The fourth-order valence-corrected chi connectivity index (χ4v) is 4.04. The first-order chi connectivity index (χ1) is 14.6. The summed E-state index contributed by atoms with van der Waals surface area (Å²) >= 11 is 0. The van der Waals surface area contributed by atoms with Gasteiger partial charge >= 0.3 is 5.97 Å². The molecule has 1 atom stereocenters. The summed E-state index contributed by atoms with van der Waals surface area (Å²) in [5, 5.41) is 19.2. The molecule has 1 aromatic rings. The number of hydrogen-bond acceptors (Lipinski definition) is 3. The number of phenols is 1. The van der Waals surface area contributed by atoms with Gasteiger partial charge in [-0.3, -0.25) is 0 Å². The topological polar surface area (TPSA) is 66.8 Å². The van der Waals surface area contributed by atoms with Crippen molar-refractivity contribution < 1.29 is 19.7 Å². The predicted octanol–water partition coefficient (Wildman–Crippen LogP) is 7.05. The molecule has 0 radical (unpaired) electrons. The summed E-state index contributed by atoms with van der Waals surface area (Å²) in [5.41, 5.74) is 4.88. The van der Waals surface area contributed by atoms with Crippen molar-refractivity contribution in [3.05, 3.63) is 58.2 Å². The number of aliphatic carboxylic acids is 1. The third-order valence-electron chi connectivity index (χ3n) is 5.94. The van der Waals surface area contributed by atoms with E-state index >= 15 is 0 Å². The largest absolute Gasteiger partial charge is 0.508 e. The molecule has 0 fully saturated rings. The van der Waals surface area contributed by atoms with Crippen molar-refractivity contribution in [2.75, 3.05) is 0 Å². The normalized spacial score (nSPS) is 18.9. The third-order valence-corrected chi connectivity index (χ3v) is 5.94. The Balaban J connectivity index is 1.85. The lowest BCUT2D eigenvalue weighted by Gasteiger charge is -2.36. The van der Waals surface area contributed by atoms with Crippen molar-refractivity contribution in [2.45, 2.75) is 91.6 Å². The van der Waals surface area contributed by atoms with Gasteiger partial charge in [0.05, 0.1) is 0 Å². The molecule has 1 aliphatic rings. The highest BCUT2D eigenvalue weighted by Gasteiger charge is 2.31. The molecule has 0 aromatic heterocycles. The average Bonchev–Trinajstić information content (AvgIpc) is 2.67. The van der Waals surface area contributed by atoms with Crippen LogP contribution in [0.2, 0.25) is 0 Å². The van der Waals surface area contributed by atoms with E-state index in [9.17, 15) is 15.0 Å². The highest BCUT2D eigenvalue weighted by atomic mass is 16.5. The Hall–Kier alpha value is -2.49. The third kappa shape index (κ3) is 7.93. The molecule has 0 spiro atoms. The summed E-state index contributed by atoms with van der Waals surface area (Å²) in [7, 11) is 0. The molecular weight excluding hydrogens is 388 g/mol. The van der Waals surface area contributed by atoms with E-state index in [1.54, 1.807) is 6.07 Å². The molecule has 2 rings (SSSR count). The molecule has 1 heterocycles. The first kappa shape index (κ1) is 24.8. The van der Waals surface area contributed by atoms with Crippen LogP contribution in [0.5, 0.6) is 11.5 Å². The first-order valence-electron chi connectivity index (χ1n) is 11.3. The second kappa shape index (κ2) is 11.2. The Morgan fingerprint density at radius 1 is 1.10 bits per heavy atom. The van der Waals surface area contributed by atoms with Crippen molar-refractivity contribution in [3.63, 3.8) is 0 Å². The highest BCUT2D eigenvalue weighted by molar-refractivity contribution is 5.86. The number of fused-ring (bicyclic) bond motifs is 1. The maximum Gasteiger partial charge on any atom is 0.331 e. The molecule has 0 saturated heterocycles. The van der Waals surface area contributed by atoms with E-state index in [1.807, 2.05) is 32.9 Å². The smallest absolute Gasteiger partial charge is 0.331 e. The van der Waals surface area contributed by atoms with Gasteiger partial charge in [0.1, 0.15) is 17.1 Å². The average molecular weight is 427 g/mol. The second-order valence-corrected chi connectivity index (χ2v) is 9.29. The van der Waals surface area contributed by atoms with Crippen LogP contribution in [0.4, 0.5) is 0 Å². The van der Waals surface area contributed by atoms with Gasteiger partial charge in [0.15, 0.2) is 0 Å². The van der Waals surface area contributed by atoms with Crippen molar-refractivity contribution in [3.8, 4) is 11.5 Å². The highest BCUT2D eigenvalue weighted by Crippen LogP contribution is 2.39. The monoisotopic (exact) mass is 426 g/mol. The maximum absolute atomic E-state index is 11.4. The van der Waals surface area contributed by atoms with Gasteiger partial charge in [-0.2, -0.15) is 0 Å². The number of benzene rings is 1. The van der Waals surface area contributed by atoms with E-state index in [0.717, 1.165) is 61.8 Å². The lowest BCUT2D eigenvalue weighted by Crippen LogP contribution is -2.36. The molecule has 1 aliphatic heterocycles. The Bertz CT molecular complexity index is 871. The van der Waals surface area contributed by atoms with Crippen LogP contribution in [0.3, 0.4) is 0 Å². The van der Waals surface area contributed by atoms with Gasteiger partial charge in [-0.1, -0.05) is 29.4 Å². The standard InChI is InChI=1S/C27H38O4/c1-19(2)9-6-12-22(26(29)30)13-7-10-20(3)11-8-15-27(5)16-14-23-18-24(28)17-21(4)25(23)31-27/h9,11,13,17-18,28H,6-8,10,12,14-16H2,1-5H3,(H,29,30)/t27-/m1/s1. The SMILES string of the molecule is CC(C)=CCCC(=CCCC(C)=CCC[C@]1(C)CCc2cc(O)cc(C)c2O1)C(=O)O. The van der Waals surface area contributed by atoms with Crippen molar-refractivity contribution in [1.29, 1.82) is 0 Å². The minimum absolute atomic E-state index is 0.202. The van der Waals surface area contributed by atoms with Crippen LogP contribution in [0.1, 0.15) is 83.8 Å². The molecule has 1 aromatic carbocycles. The molecule has 4 nitrogen and oxygen atoms in total. The van der Waals surface area contributed by atoms with Crippen molar-refractivity contribution in [2.24, 2.45) is 0 Å². The van der Waals surface area contributed by atoms with Crippen LogP contribution in [-0.2, 0) is 11.2 Å². The van der Waals surface area contributed by atoms with E-state index in [1.165, 1.54) is 11.1 Å². The van der Waals surface area contributed by atoms with Crippen LogP contribution in [0.15, 0.2) is 47.1 Å². The molecule has 31 heavy (non-hydrogen) atoms. The molecule has 0 bridgehead atoms. The van der Waals surface area contributed by atoms with E-state index in [4.69, 9.17) is 4.74 Å². The van der Waals surface area contributed by atoms with E-state index in [0.29, 0.717) is 17.7 Å². The van der Waals surface area contributed by atoms with Crippen LogP contribution >= 0.6 is 0 Å². The van der Waals surface area contributed by atoms with Crippen LogP contribution < -0.4 is 4.74 Å². The summed E-state index contributed by atoms with van der Waals surface area (Å²) in [6.45, 7) is 10.3. The summed E-state index contributed by atoms with van der Waals surface area (Å²) in [6, 6.07) is 3.57. The number of carboxylic acids is 1. The minimum Gasteiger partial charge on any atom is -0.508 e. The zero-order chi connectivity index (χ0) is 23.0. The number of aryl methyl sites for hydroxylation is 2. The molecule has 0 unspecified atom stereocenters. The Morgan fingerprint density at radius 2 is 1.81 bits per heavy atom. The quantitative estimate of drug-likeness (QED) is 0.311. The fraction of sp³-hybridized carbons (Fsp3) is 0.519. The van der Waals surface area contributed by atoms with E-state index in [-0.39, 0.29) is 5.60 Å². The minimum atomic E-state index is -0.810. The number of phenolic OH excluding ortho intramolecular Hbond substituents is 1. The lowest BCUT2D eigenvalue weighted by molar-refractivity contribution is -0.132. The number of rotatable bonds is 10. The molecule has 0 amide bonds. The van der Waals surface area contributed by atoms with Gasteiger partial charge in [-0.05, 0) is 109 Å². The number of allylic oxidation sites excluding steroid dienone is 5. The fourth-order valence-electron chi connectivity index (χ4n) is 4.04. The summed E-state index contributed by atoms with van der Waals surface area (Å²) in [4.78, 5) is 11.4. The number of hydrogen-bond donors (Lipinski definition) is 2. The predicted molar refractivity (Wildman–Crippen MR) is 127 cm³/mol. The van der Waals surface area contributed by atoms with Gasteiger partial charge in [-0.15, -0.1) is 0 Å². The summed E-state index contributed by atoms with van der Waals surface area (Å²) in [6.07, 6.45) is 12.9. The summed E-state index contributed by atoms with van der Waals surface area (Å²) in [5.74, 6) is 0.417. The molecule has 2 N–H and O–H groups in total. The number of aromatic hydroxyl groups is 1. The van der Waals surface area contributed by atoms with E-state index < -0.39 is 5.97 Å². The second-order valence-electron chi connectivity index (χ2n) is 9.29. The molecule has 0 saturated carbocycles. The maximum atomic E-state index is 11.4. The van der Waals surface area contributed by atoms with Crippen LogP contribution in [0.25, 0.3) is 0 Å². The Labute approximate surface area is 187 Å². The van der Waals surface area contributed by atoms with Gasteiger partial charge in [-0.25, -0.2) is 4.79 Å². The lowest BCUT2D eigenvalue weighted by atomic mass is 9.87. The number of carboxylic acid groups (broad SMARTS) is 1. The van der Waals surface area contributed by atoms with Crippen LogP contribution in [-0.4, -0.2) is 21.8 Å². The van der Waals surface area contributed by atoms with Crippen molar-refractivity contribution in [1.82, 2.24) is 0 Å². The van der Waals surface area contributed by atoms with Crippen molar-refractivity contribution >= 4 is 5.97 Å². The van der Waals surface area contributed by atoms with Gasteiger partial charge in [0.25, 0.3) is 0 Å². The first-order valence-corrected chi connectivity index (χ1v) is 11.3. The Morgan fingerprint density at radius 3 is 2.48 bits per heavy atom. The van der Waals surface area contributed by atoms with Crippen LogP contribution in [0, 0.1) is 6.92 Å². The number of carbonyl (C=O) groups is 1. The van der Waals surface area contributed by atoms with Gasteiger partial charge in [0.2, 0.25) is 0 Å². The molecule has 4 heteroatoms. The molecular formula is C27H38O4. The Kier molecular flexibility index (Phi) is 8.97. The number of ether oxygens (including phenoxy) is 1. The zero-order valence-corrected chi connectivity index (χ0v) is 19.8. The molecule has 0 aliphatic carbocycles. The van der Waals surface area contributed by atoms with E-state index in [2.05, 4.69) is 26.0 Å². The summed E-state index contributed by atoms with van der Waals surface area (Å²) < 4.78 is 6.36.